The summed E-state index contributed by atoms with van der Waals surface area (Å²) in [7, 11) is 0. The van der Waals surface area contributed by atoms with Crippen molar-refractivity contribution in [2.24, 2.45) is 0 Å². The molecule has 0 aliphatic rings. The van der Waals surface area contributed by atoms with E-state index >= 15 is 0 Å². The molecule has 0 amide bonds. The molecular formula is C11H13NO. The van der Waals surface area contributed by atoms with E-state index in [1.807, 2.05) is 18.2 Å². The summed E-state index contributed by atoms with van der Waals surface area (Å²) < 4.78 is 0. The van der Waals surface area contributed by atoms with E-state index in [1.165, 1.54) is 0 Å². The zero-order valence-electron chi connectivity index (χ0n) is 7.48. The van der Waals surface area contributed by atoms with Crippen molar-refractivity contribution in [2.75, 3.05) is 0 Å². The van der Waals surface area contributed by atoms with Crippen LogP contribution in [0, 0.1) is 12.3 Å². The second-order valence-corrected chi connectivity index (χ2v) is 2.92. The maximum Gasteiger partial charge on any atom is 0.0604 e. The summed E-state index contributed by atoms with van der Waals surface area (Å²) in [6.07, 6.45) is 8.30. The first kappa shape index (κ1) is 9.76. The highest BCUT2D eigenvalue weighted by molar-refractivity contribution is 5.04. The molecule has 68 valence electrons. The van der Waals surface area contributed by atoms with Gasteiger partial charge in [0.15, 0.2) is 0 Å². The lowest BCUT2D eigenvalue weighted by atomic mass is 10.1. The molecule has 0 aromatic carbocycles. The average Bonchev–Trinajstić information content (AvgIpc) is 2.16. The first-order chi connectivity index (χ1) is 6.33. The summed E-state index contributed by atoms with van der Waals surface area (Å²) in [6.45, 7) is 0. The van der Waals surface area contributed by atoms with Crippen LogP contribution in [0.25, 0.3) is 0 Å². The molecule has 2 nitrogen and oxygen atoms in total. The summed E-state index contributed by atoms with van der Waals surface area (Å²) in [5.74, 6) is 2.50. The van der Waals surface area contributed by atoms with Gasteiger partial charge in [0.1, 0.15) is 0 Å². The number of hydrogen-bond donors (Lipinski definition) is 1. The van der Waals surface area contributed by atoms with Gasteiger partial charge in [-0.1, -0.05) is 6.07 Å². The maximum atomic E-state index is 9.50. The number of aliphatic hydroxyl groups is 1. The van der Waals surface area contributed by atoms with Gasteiger partial charge >= 0.3 is 0 Å². The molecule has 0 fully saturated rings. The van der Waals surface area contributed by atoms with Crippen LogP contribution in [0.4, 0.5) is 0 Å². The molecule has 0 aliphatic heterocycles. The van der Waals surface area contributed by atoms with Crippen molar-refractivity contribution >= 4 is 0 Å². The largest absolute Gasteiger partial charge is 0.393 e. The van der Waals surface area contributed by atoms with Crippen LogP contribution in [0.5, 0.6) is 0 Å². The standard InChI is InChI=1S/C11H13NO/c1-2-3-7-11(13)9-10-6-4-5-8-12-10/h1,4-6,8,11,13H,3,7,9H2. The van der Waals surface area contributed by atoms with Crippen LogP contribution in [0.2, 0.25) is 0 Å². The Hall–Kier alpha value is -1.33. The Morgan fingerprint density at radius 2 is 2.38 bits per heavy atom. The minimum absolute atomic E-state index is 0.369. The van der Waals surface area contributed by atoms with Crippen LogP contribution in [0.15, 0.2) is 24.4 Å². The number of aromatic nitrogens is 1. The lowest BCUT2D eigenvalue weighted by Crippen LogP contribution is -2.10. The number of pyridine rings is 1. The predicted molar refractivity (Wildman–Crippen MR) is 52.0 cm³/mol. The van der Waals surface area contributed by atoms with Gasteiger partial charge in [0.25, 0.3) is 0 Å². The Bertz CT molecular complexity index is 276. The van der Waals surface area contributed by atoms with Crippen LogP contribution < -0.4 is 0 Å². The minimum atomic E-state index is -0.369. The molecule has 0 saturated heterocycles. The van der Waals surface area contributed by atoms with Crippen LogP contribution in [0.1, 0.15) is 18.5 Å². The van der Waals surface area contributed by atoms with Gasteiger partial charge in [0.2, 0.25) is 0 Å². The van der Waals surface area contributed by atoms with Gasteiger partial charge in [-0.2, -0.15) is 0 Å². The first-order valence-corrected chi connectivity index (χ1v) is 4.34. The van der Waals surface area contributed by atoms with Gasteiger partial charge in [-0.05, 0) is 18.6 Å². The molecule has 1 aromatic heterocycles. The van der Waals surface area contributed by atoms with Crippen LogP contribution in [-0.4, -0.2) is 16.2 Å². The molecule has 0 aliphatic carbocycles. The Labute approximate surface area is 78.6 Å². The van der Waals surface area contributed by atoms with Gasteiger partial charge in [0.05, 0.1) is 6.10 Å². The number of aliphatic hydroxyl groups excluding tert-OH is 1. The number of terminal acetylenes is 1. The third-order valence-electron chi connectivity index (χ3n) is 1.79. The quantitative estimate of drug-likeness (QED) is 0.702. The molecule has 1 rings (SSSR count). The third-order valence-corrected chi connectivity index (χ3v) is 1.79. The van der Waals surface area contributed by atoms with Crippen LogP contribution in [0.3, 0.4) is 0 Å². The lowest BCUT2D eigenvalue weighted by Gasteiger charge is -2.07. The second kappa shape index (κ2) is 5.34. The van der Waals surface area contributed by atoms with Crippen molar-refractivity contribution in [2.45, 2.75) is 25.4 Å². The van der Waals surface area contributed by atoms with E-state index in [9.17, 15) is 5.11 Å². The molecule has 1 unspecified atom stereocenters. The summed E-state index contributed by atoms with van der Waals surface area (Å²) in [6, 6.07) is 5.67. The molecule has 1 heterocycles. The molecule has 0 spiro atoms. The summed E-state index contributed by atoms with van der Waals surface area (Å²) in [4.78, 5) is 4.12. The number of nitrogens with zero attached hydrogens (tertiary/aromatic N) is 1. The van der Waals surface area contributed by atoms with E-state index in [2.05, 4.69) is 10.9 Å². The molecular weight excluding hydrogens is 162 g/mol. The summed E-state index contributed by atoms with van der Waals surface area (Å²) in [5, 5.41) is 9.50. The number of rotatable bonds is 4. The van der Waals surface area contributed by atoms with Gasteiger partial charge < -0.3 is 5.11 Å². The van der Waals surface area contributed by atoms with Crippen LogP contribution in [-0.2, 0) is 6.42 Å². The van der Waals surface area contributed by atoms with Crippen LogP contribution >= 0.6 is 0 Å². The molecule has 0 bridgehead atoms. The Kier molecular flexibility index (Phi) is 4.01. The Balaban J connectivity index is 2.37. The highest BCUT2D eigenvalue weighted by Gasteiger charge is 2.04. The molecule has 0 saturated carbocycles. The topological polar surface area (TPSA) is 33.1 Å². The highest BCUT2D eigenvalue weighted by Crippen LogP contribution is 2.03. The molecule has 2 heteroatoms. The van der Waals surface area contributed by atoms with Crippen molar-refractivity contribution in [3.63, 3.8) is 0 Å². The Morgan fingerprint density at radius 3 is 3.00 bits per heavy atom. The van der Waals surface area contributed by atoms with E-state index in [-0.39, 0.29) is 6.10 Å². The fraction of sp³-hybridized carbons (Fsp3) is 0.364. The zero-order chi connectivity index (χ0) is 9.52. The fourth-order valence-electron chi connectivity index (χ4n) is 1.11. The Morgan fingerprint density at radius 1 is 1.54 bits per heavy atom. The minimum Gasteiger partial charge on any atom is -0.393 e. The van der Waals surface area contributed by atoms with E-state index < -0.39 is 0 Å². The molecule has 1 atom stereocenters. The van der Waals surface area contributed by atoms with E-state index in [1.54, 1.807) is 6.20 Å². The zero-order valence-corrected chi connectivity index (χ0v) is 7.48. The van der Waals surface area contributed by atoms with Crippen molar-refractivity contribution in [1.82, 2.24) is 4.98 Å². The molecule has 1 N–H and O–H groups in total. The van der Waals surface area contributed by atoms with Crippen molar-refractivity contribution in [1.29, 1.82) is 0 Å². The summed E-state index contributed by atoms with van der Waals surface area (Å²) in [5.41, 5.74) is 0.909. The van der Waals surface area contributed by atoms with Crippen molar-refractivity contribution in [3.8, 4) is 12.3 Å². The monoisotopic (exact) mass is 175 g/mol. The summed E-state index contributed by atoms with van der Waals surface area (Å²) >= 11 is 0. The number of hydrogen-bond acceptors (Lipinski definition) is 2. The fourth-order valence-corrected chi connectivity index (χ4v) is 1.11. The van der Waals surface area contributed by atoms with E-state index in [0.29, 0.717) is 19.3 Å². The lowest BCUT2D eigenvalue weighted by molar-refractivity contribution is 0.165. The highest BCUT2D eigenvalue weighted by atomic mass is 16.3. The maximum absolute atomic E-state index is 9.50. The smallest absolute Gasteiger partial charge is 0.0604 e. The molecule has 1 aromatic rings. The predicted octanol–water partition coefficient (Wildman–Crippen LogP) is 1.40. The normalized spacial score (nSPS) is 12.0. The van der Waals surface area contributed by atoms with Crippen molar-refractivity contribution < 1.29 is 5.11 Å². The van der Waals surface area contributed by atoms with Crippen molar-refractivity contribution in [3.05, 3.63) is 30.1 Å². The van der Waals surface area contributed by atoms with Gasteiger partial charge in [-0.15, -0.1) is 12.3 Å². The average molecular weight is 175 g/mol. The molecule has 13 heavy (non-hydrogen) atoms. The van der Waals surface area contributed by atoms with E-state index in [4.69, 9.17) is 6.42 Å². The van der Waals surface area contributed by atoms with Gasteiger partial charge in [-0.3, -0.25) is 4.98 Å². The molecule has 0 radical (unpaired) electrons. The van der Waals surface area contributed by atoms with Gasteiger partial charge in [-0.25, -0.2) is 0 Å². The second-order valence-electron chi connectivity index (χ2n) is 2.92. The van der Waals surface area contributed by atoms with E-state index in [0.717, 1.165) is 5.69 Å². The van der Waals surface area contributed by atoms with Gasteiger partial charge in [0, 0.05) is 24.7 Å². The first-order valence-electron chi connectivity index (χ1n) is 4.34. The SMILES string of the molecule is C#CCCC(O)Cc1ccccn1. The third kappa shape index (κ3) is 3.73.